The van der Waals surface area contributed by atoms with Crippen LogP contribution in [0.3, 0.4) is 0 Å². The van der Waals surface area contributed by atoms with Gasteiger partial charge in [0.25, 0.3) is 0 Å². The van der Waals surface area contributed by atoms with Gasteiger partial charge in [0.15, 0.2) is 17.3 Å². The van der Waals surface area contributed by atoms with Gasteiger partial charge in [-0.25, -0.2) is 9.18 Å². The number of carbonyl (C=O) groups is 1. The lowest BCUT2D eigenvalue weighted by molar-refractivity contribution is 0.0514. The van der Waals surface area contributed by atoms with E-state index in [4.69, 9.17) is 26.2 Å². The van der Waals surface area contributed by atoms with Crippen LogP contribution in [0.4, 0.5) is 4.39 Å². The fourth-order valence-electron chi connectivity index (χ4n) is 2.80. The number of aromatic nitrogens is 1. The van der Waals surface area contributed by atoms with Crippen LogP contribution >= 0.6 is 12.2 Å². The summed E-state index contributed by atoms with van der Waals surface area (Å²) in [5.41, 5.74) is 2.16. The van der Waals surface area contributed by atoms with Crippen LogP contribution in [-0.2, 0) is 4.74 Å². The molecule has 0 aliphatic heterocycles. The number of benzene rings is 1. The Hall–Kier alpha value is -2.28. The third-order valence-electron chi connectivity index (χ3n) is 4.25. The third-order valence-corrected chi connectivity index (χ3v) is 4.69. The van der Waals surface area contributed by atoms with Gasteiger partial charge < -0.3 is 14.0 Å². The van der Waals surface area contributed by atoms with E-state index in [-0.39, 0.29) is 29.8 Å². The van der Waals surface area contributed by atoms with Crippen LogP contribution in [0, 0.1) is 12.7 Å². The highest BCUT2D eigenvalue weighted by atomic mass is 32.1. The fourth-order valence-corrected chi connectivity index (χ4v) is 3.16. The summed E-state index contributed by atoms with van der Waals surface area (Å²) in [5.74, 6) is -0.591. The molecule has 0 atom stereocenters. The highest BCUT2D eigenvalue weighted by molar-refractivity contribution is 7.81. The van der Waals surface area contributed by atoms with Crippen molar-refractivity contribution in [1.29, 1.82) is 0 Å². The largest absolute Gasteiger partial charge is 0.493 e. The molecule has 1 aliphatic rings. The zero-order valence-electron chi connectivity index (χ0n) is 14.2. The molecule has 25 heavy (non-hydrogen) atoms. The molecule has 0 radical (unpaired) electrons. The van der Waals surface area contributed by atoms with E-state index in [1.807, 2.05) is 0 Å². The quantitative estimate of drug-likeness (QED) is 0.440. The molecule has 7 heteroatoms. The summed E-state index contributed by atoms with van der Waals surface area (Å²) in [5, 5.41) is 3.70. The van der Waals surface area contributed by atoms with Crippen molar-refractivity contribution in [2.75, 3.05) is 13.7 Å². The summed E-state index contributed by atoms with van der Waals surface area (Å²) in [6, 6.07) is 1.75. The molecule has 3 rings (SSSR count). The van der Waals surface area contributed by atoms with Gasteiger partial charge in [0, 0.05) is 11.1 Å². The molecular weight excluding hydrogens is 345 g/mol. The Morgan fingerprint density at radius 1 is 1.44 bits per heavy atom. The van der Waals surface area contributed by atoms with E-state index in [1.165, 1.54) is 13.4 Å². The molecule has 5 nitrogen and oxygen atoms in total. The van der Waals surface area contributed by atoms with E-state index >= 15 is 0 Å². The highest BCUT2D eigenvalue weighted by Crippen LogP contribution is 2.45. The molecule has 1 aromatic carbocycles. The Kier molecular flexibility index (Phi) is 4.85. The van der Waals surface area contributed by atoms with Crippen molar-refractivity contribution < 1.29 is 23.2 Å². The molecule has 0 unspecified atom stereocenters. The molecule has 1 saturated carbocycles. The van der Waals surface area contributed by atoms with E-state index in [9.17, 15) is 9.18 Å². The van der Waals surface area contributed by atoms with Crippen LogP contribution in [0.5, 0.6) is 5.75 Å². The van der Waals surface area contributed by atoms with Gasteiger partial charge in [-0.15, -0.1) is 0 Å². The second-order valence-corrected chi connectivity index (χ2v) is 6.29. The number of thiocarbonyl (C=S) groups is 1. The summed E-state index contributed by atoms with van der Waals surface area (Å²) < 4.78 is 29.8. The minimum Gasteiger partial charge on any atom is -0.493 e. The molecular formula is C18H18FNO4S. The Morgan fingerprint density at radius 2 is 2.16 bits per heavy atom. The minimum atomic E-state index is -0.609. The lowest BCUT2D eigenvalue weighted by atomic mass is 9.95. The van der Waals surface area contributed by atoms with E-state index < -0.39 is 5.97 Å². The first kappa shape index (κ1) is 17.5. The molecule has 1 aromatic heterocycles. The summed E-state index contributed by atoms with van der Waals surface area (Å²) in [6.07, 6.45) is 3.19. The number of halogens is 1. The number of methoxy groups -OCH3 is 1. The third kappa shape index (κ3) is 3.16. The summed E-state index contributed by atoms with van der Waals surface area (Å²) in [6.45, 7) is 3.65. The molecule has 0 amide bonds. The number of nitrogens with zero attached hydrogens (tertiary/aromatic N) is 1. The molecule has 132 valence electrons. The Labute approximate surface area is 150 Å². The number of hydrogen-bond acceptors (Lipinski definition) is 6. The number of rotatable bonds is 6. The SMILES string of the molecule is CCOC(=O)c1nocc1C(=S)c1cc(C2CC2)c(F)c(OC)c1C. The van der Waals surface area contributed by atoms with Crippen LogP contribution in [0.2, 0.25) is 0 Å². The standard InChI is InChI=1S/C18H18FNO4S/c1-4-23-18(21)15-13(8-24-20-15)17(25)11-7-12(10-5-6-10)14(19)16(22-3)9(11)2/h7-8,10H,4-6H2,1-3H3. The first-order chi connectivity index (χ1) is 12.0. The van der Waals surface area contributed by atoms with Crippen molar-refractivity contribution in [2.24, 2.45) is 0 Å². The summed E-state index contributed by atoms with van der Waals surface area (Å²) in [4.78, 5) is 12.4. The molecule has 1 heterocycles. The maximum atomic E-state index is 14.6. The van der Waals surface area contributed by atoms with Gasteiger partial charge in [0.05, 0.1) is 24.1 Å². The lowest BCUT2D eigenvalue weighted by Crippen LogP contribution is -2.13. The average Bonchev–Trinajstić information content (AvgIpc) is 3.30. The lowest BCUT2D eigenvalue weighted by Gasteiger charge is -2.15. The second-order valence-electron chi connectivity index (χ2n) is 5.89. The number of hydrogen-bond donors (Lipinski definition) is 0. The molecule has 0 N–H and O–H groups in total. The molecule has 1 fully saturated rings. The maximum Gasteiger partial charge on any atom is 0.361 e. The van der Waals surface area contributed by atoms with Crippen molar-refractivity contribution in [3.05, 3.63) is 46.1 Å². The number of esters is 1. The van der Waals surface area contributed by atoms with Gasteiger partial charge in [-0.2, -0.15) is 0 Å². The smallest absolute Gasteiger partial charge is 0.361 e. The van der Waals surface area contributed by atoms with Gasteiger partial charge in [-0.05, 0) is 44.2 Å². The minimum absolute atomic E-state index is 0.0162. The van der Waals surface area contributed by atoms with Crippen LogP contribution in [0.25, 0.3) is 0 Å². The monoisotopic (exact) mass is 363 g/mol. The van der Waals surface area contributed by atoms with Crippen molar-refractivity contribution in [3.8, 4) is 5.75 Å². The number of ether oxygens (including phenoxy) is 2. The zero-order chi connectivity index (χ0) is 18.1. The van der Waals surface area contributed by atoms with E-state index in [1.54, 1.807) is 19.9 Å². The van der Waals surface area contributed by atoms with Crippen molar-refractivity contribution in [1.82, 2.24) is 5.16 Å². The zero-order valence-corrected chi connectivity index (χ0v) is 15.0. The Balaban J connectivity index is 2.08. The van der Waals surface area contributed by atoms with Gasteiger partial charge in [0.1, 0.15) is 6.26 Å². The Bertz CT molecular complexity index is 842. The second kappa shape index (κ2) is 6.92. The predicted molar refractivity (Wildman–Crippen MR) is 92.9 cm³/mol. The fraction of sp³-hybridized carbons (Fsp3) is 0.389. The van der Waals surface area contributed by atoms with E-state index in [0.717, 1.165) is 12.8 Å². The topological polar surface area (TPSA) is 61.6 Å². The van der Waals surface area contributed by atoms with Crippen LogP contribution < -0.4 is 4.74 Å². The summed E-state index contributed by atoms with van der Waals surface area (Å²) in [7, 11) is 1.43. The highest BCUT2D eigenvalue weighted by Gasteiger charge is 2.31. The summed E-state index contributed by atoms with van der Waals surface area (Å²) >= 11 is 5.55. The number of carbonyl (C=O) groups excluding carboxylic acids is 1. The molecule has 1 aliphatic carbocycles. The predicted octanol–water partition coefficient (Wildman–Crippen LogP) is 3.95. The molecule has 2 aromatic rings. The maximum absolute atomic E-state index is 14.6. The Morgan fingerprint density at radius 3 is 2.76 bits per heavy atom. The van der Waals surface area contributed by atoms with Crippen molar-refractivity contribution >= 4 is 23.1 Å². The first-order valence-electron chi connectivity index (χ1n) is 8.02. The van der Waals surface area contributed by atoms with E-state index in [0.29, 0.717) is 27.1 Å². The molecule has 0 spiro atoms. The first-order valence-corrected chi connectivity index (χ1v) is 8.43. The molecule has 0 saturated heterocycles. The molecule has 0 bridgehead atoms. The van der Waals surface area contributed by atoms with Crippen LogP contribution in [0.1, 0.15) is 58.4 Å². The van der Waals surface area contributed by atoms with Gasteiger partial charge in [-0.3, -0.25) is 0 Å². The van der Waals surface area contributed by atoms with Crippen molar-refractivity contribution in [2.45, 2.75) is 32.6 Å². The van der Waals surface area contributed by atoms with Crippen LogP contribution in [0.15, 0.2) is 16.9 Å². The van der Waals surface area contributed by atoms with Crippen molar-refractivity contribution in [3.63, 3.8) is 0 Å². The normalized spacial score (nSPS) is 13.6. The van der Waals surface area contributed by atoms with Gasteiger partial charge in [0.2, 0.25) is 0 Å². The van der Waals surface area contributed by atoms with E-state index in [2.05, 4.69) is 5.16 Å². The average molecular weight is 363 g/mol. The van der Waals surface area contributed by atoms with Crippen LogP contribution in [-0.4, -0.2) is 29.7 Å². The van der Waals surface area contributed by atoms with Gasteiger partial charge >= 0.3 is 5.97 Å². The van der Waals surface area contributed by atoms with Gasteiger partial charge in [-0.1, -0.05) is 17.4 Å².